The Morgan fingerprint density at radius 2 is 1.02 bits per heavy atom. The van der Waals surface area contributed by atoms with Crippen molar-refractivity contribution >= 4 is 63.8 Å². The molecule has 0 saturated carbocycles. The second-order valence-electron chi connectivity index (χ2n) is 13.2. The average Bonchev–Trinajstić information content (AvgIpc) is 3.59. The van der Waals surface area contributed by atoms with E-state index in [1.54, 1.807) is 0 Å². The van der Waals surface area contributed by atoms with E-state index in [-0.39, 0.29) is 5.41 Å². The Hall–Kier alpha value is -5.24. The third kappa shape index (κ3) is 3.44. The van der Waals surface area contributed by atoms with E-state index >= 15 is 0 Å². The molecule has 1 heteroatoms. The molecule has 0 atom stereocenters. The minimum absolute atomic E-state index is 0.0902. The lowest BCUT2D eigenvalue weighted by Crippen LogP contribution is -2.15. The van der Waals surface area contributed by atoms with Gasteiger partial charge in [0.2, 0.25) is 0 Å². The molecule has 1 aliphatic carbocycles. The van der Waals surface area contributed by atoms with Gasteiger partial charge in [0.25, 0.3) is 0 Å². The highest BCUT2D eigenvalue weighted by Gasteiger charge is 2.36. The maximum Gasteiger partial charge on any atom is 0.0434 e. The normalized spacial score (nSPS) is 13.6. The van der Waals surface area contributed by atoms with Crippen molar-refractivity contribution in [1.82, 2.24) is 0 Å². The summed E-state index contributed by atoms with van der Waals surface area (Å²) in [4.78, 5) is 0. The highest BCUT2D eigenvalue weighted by molar-refractivity contribution is 7.26. The van der Waals surface area contributed by atoms with Crippen LogP contribution in [0.2, 0.25) is 0 Å². The van der Waals surface area contributed by atoms with Gasteiger partial charge in [-0.15, -0.1) is 11.3 Å². The second kappa shape index (κ2) is 9.39. The van der Waals surface area contributed by atoms with Crippen LogP contribution in [0.25, 0.3) is 85.9 Å². The van der Waals surface area contributed by atoms with Crippen molar-refractivity contribution in [2.24, 2.45) is 0 Å². The molecule has 0 saturated heterocycles. The van der Waals surface area contributed by atoms with Gasteiger partial charge >= 0.3 is 0 Å². The number of hydrogen-bond acceptors (Lipinski definition) is 1. The van der Waals surface area contributed by atoms with Crippen LogP contribution in [0.5, 0.6) is 0 Å². The van der Waals surface area contributed by atoms with Gasteiger partial charge in [0.05, 0.1) is 0 Å². The molecule has 1 aromatic heterocycles. The Labute approximate surface area is 272 Å². The molecular weight excluding hydrogens is 573 g/mol. The zero-order valence-corrected chi connectivity index (χ0v) is 26.6. The van der Waals surface area contributed by atoms with Gasteiger partial charge in [-0.25, -0.2) is 0 Å². The lowest BCUT2D eigenvalue weighted by molar-refractivity contribution is 0.661. The molecule has 0 bridgehead atoms. The molecule has 0 aliphatic heterocycles. The first-order valence-corrected chi connectivity index (χ1v) is 16.9. The molecule has 0 unspecified atom stereocenters. The van der Waals surface area contributed by atoms with Crippen molar-refractivity contribution in [2.75, 3.05) is 0 Å². The highest BCUT2D eigenvalue weighted by atomic mass is 32.1. The summed E-state index contributed by atoms with van der Waals surface area (Å²) in [6.07, 6.45) is 0. The largest absolute Gasteiger partial charge is 0.135 e. The molecule has 0 amide bonds. The van der Waals surface area contributed by atoms with Crippen LogP contribution in [0.1, 0.15) is 25.0 Å². The summed E-state index contributed by atoms with van der Waals surface area (Å²) in [7, 11) is 0. The van der Waals surface area contributed by atoms with Gasteiger partial charge in [-0.05, 0) is 83.4 Å². The summed E-state index contributed by atoms with van der Waals surface area (Å²) < 4.78 is 2.70. The molecule has 10 rings (SSSR count). The van der Waals surface area contributed by atoms with Crippen LogP contribution in [0.3, 0.4) is 0 Å². The molecule has 0 radical (unpaired) electrons. The molecule has 8 aromatic carbocycles. The van der Waals surface area contributed by atoms with Gasteiger partial charge in [0.1, 0.15) is 0 Å². The molecule has 9 aromatic rings. The maximum atomic E-state index is 2.49. The second-order valence-corrected chi connectivity index (χ2v) is 14.3. The van der Waals surface area contributed by atoms with Crippen molar-refractivity contribution < 1.29 is 0 Å². The number of hydrogen-bond donors (Lipinski definition) is 0. The number of benzene rings is 8. The average molecular weight is 603 g/mol. The van der Waals surface area contributed by atoms with E-state index in [2.05, 4.69) is 159 Å². The molecule has 46 heavy (non-hydrogen) atoms. The fraction of sp³-hybridized carbons (Fsp3) is 0.0667. The Morgan fingerprint density at radius 1 is 0.413 bits per heavy atom. The molecule has 0 nitrogen and oxygen atoms in total. The highest BCUT2D eigenvalue weighted by Crippen LogP contribution is 2.53. The van der Waals surface area contributed by atoms with Crippen LogP contribution in [0.15, 0.2) is 146 Å². The van der Waals surface area contributed by atoms with Crippen molar-refractivity contribution in [3.63, 3.8) is 0 Å². The number of rotatable bonds is 2. The van der Waals surface area contributed by atoms with Crippen LogP contribution in [0, 0.1) is 0 Å². The third-order valence-corrected chi connectivity index (χ3v) is 11.7. The zero-order valence-electron chi connectivity index (χ0n) is 25.8. The van der Waals surface area contributed by atoms with Gasteiger partial charge in [0, 0.05) is 31.2 Å². The summed E-state index contributed by atoms with van der Waals surface area (Å²) in [5.74, 6) is 0. The standard InChI is InChI=1S/C45H30S/c1-45(2)38-25-23-27-12-3-4-13-29(27)43(38)36-24-22-28(26-39(36)45)41-31-15-5-7-17-33(31)42(34-18-8-6-16-32(34)41)37-20-11-19-35-30-14-9-10-21-40(30)46-44(35)37/h3-26H,1-2H3. The number of thiophene rings is 1. The van der Waals surface area contributed by atoms with E-state index in [0.717, 1.165) is 0 Å². The lowest BCUT2D eigenvalue weighted by atomic mass is 9.80. The van der Waals surface area contributed by atoms with Gasteiger partial charge in [-0.3, -0.25) is 0 Å². The predicted molar refractivity (Wildman–Crippen MR) is 200 cm³/mol. The Kier molecular flexibility index (Phi) is 5.31. The minimum Gasteiger partial charge on any atom is -0.135 e. The molecular formula is C45H30S. The monoisotopic (exact) mass is 602 g/mol. The van der Waals surface area contributed by atoms with Crippen molar-refractivity contribution in [2.45, 2.75) is 19.3 Å². The van der Waals surface area contributed by atoms with E-state index in [0.29, 0.717) is 0 Å². The SMILES string of the molecule is CC1(C)c2cc(-c3c4ccccc4c(-c4cccc5c4sc4ccccc45)c4ccccc34)ccc2-c2c1ccc1ccccc21. The van der Waals surface area contributed by atoms with Gasteiger partial charge in [-0.2, -0.15) is 0 Å². The summed E-state index contributed by atoms with van der Waals surface area (Å²) in [5.41, 5.74) is 10.7. The Morgan fingerprint density at radius 3 is 1.76 bits per heavy atom. The van der Waals surface area contributed by atoms with E-state index in [9.17, 15) is 0 Å². The zero-order chi connectivity index (χ0) is 30.6. The van der Waals surface area contributed by atoms with Crippen LogP contribution in [-0.2, 0) is 5.41 Å². The van der Waals surface area contributed by atoms with Gasteiger partial charge in [0.15, 0.2) is 0 Å². The summed E-state index contributed by atoms with van der Waals surface area (Å²) in [6.45, 7) is 4.78. The molecule has 1 aliphatic rings. The first-order valence-electron chi connectivity index (χ1n) is 16.1. The van der Waals surface area contributed by atoms with Gasteiger partial charge < -0.3 is 0 Å². The summed E-state index contributed by atoms with van der Waals surface area (Å²) >= 11 is 1.91. The van der Waals surface area contributed by atoms with E-state index in [4.69, 9.17) is 0 Å². The van der Waals surface area contributed by atoms with Crippen LogP contribution in [-0.4, -0.2) is 0 Å². The first kappa shape index (κ1) is 26.0. The maximum absolute atomic E-state index is 2.49. The van der Waals surface area contributed by atoms with Crippen molar-refractivity contribution in [3.05, 3.63) is 157 Å². The van der Waals surface area contributed by atoms with E-state index in [1.165, 1.54) is 97.0 Å². The molecule has 1 heterocycles. The van der Waals surface area contributed by atoms with E-state index in [1.807, 2.05) is 11.3 Å². The van der Waals surface area contributed by atoms with E-state index < -0.39 is 0 Å². The fourth-order valence-corrected chi connectivity index (χ4v) is 9.56. The minimum atomic E-state index is -0.0902. The van der Waals surface area contributed by atoms with Crippen LogP contribution >= 0.6 is 11.3 Å². The third-order valence-electron chi connectivity index (χ3n) is 10.5. The lowest BCUT2D eigenvalue weighted by Gasteiger charge is -2.23. The van der Waals surface area contributed by atoms with Crippen LogP contribution in [0.4, 0.5) is 0 Å². The summed E-state index contributed by atoms with van der Waals surface area (Å²) in [5, 5.41) is 10.5. The number of fused-ring (bicyclic) bond motifs is 10. The quantitative estimate of drug-likeness (QED) is 0.173. The fourth-order valence-electron chi connectivity index (χ4n) is 8.34. The molecule has 0 fully saturated rings. The molecule has 216 valence electrons. The van der Waals surface area contributed by atoms with Crippen molar-refractivity contribution in [1.29, 1.82) is 0 Å². The summed E-state index contributed by atoms with van der Waals surface area (Å²) in [6, 6.07) is 54.5. The molecule has 0 N–H and O–H groups in total. The van der Waals surface area contributed by atoms with Crippen LogP contribution < -0.4 is 0 Å². The van der Waals surface area contributed by atoms with Gasteiger partial charge in [-0.1, -0.05) is 147 Å². The van der Waals surface area contributed by atoms with Crippen molar-refractivity contribution in [3.8, 4) is 33.4 Å². The topological polar surface area (TPSA) is 0 Å². The smallest absolute Gasteiger partial charge is 0.0434 e. The first-order chi connectivity index (χ1) is 22.6. The Balaban J connectivity index is 1.27. The Bertz CT molecular complexity index is 2660. The molecule has 0 spiro atoms. The predicted octanol–water partition coefficient (Wildman–Crippen LogP) is 13.2.